The Morgan fingerprint density at radius 3 is 2.94 bits per heavy atom. The van der Waals surface area contributed by atoms with E-state index in [9.17, 15) is 9.90 Å². The van der Waals surface area contributed by atoms with Gasteiger partial charge in [-0.25, -0.2) is 0 Å². The number of aliphatic hydroxyl groups is 1. The van der Waals surface area contributed by atoms with Crippen LogP contribution in [0, 0.1) is 11.3 Å². The number of rotatable bonds is 4. The van der Waals surface area contributed by atoms with Crippen molar-refractivity contribution in [3.8, 4) is 0 Å². The van der Waals surface area contributed by atoms with Crippen LogP contribution >= 0.6 is 0 Å². The summed E-state index contributed by atoms with van der Waals surface area (Å²) in [6.07, 6.45) is 4.71. The second kappa shape index (κ2) is 3.65. The van der Waals surface area contributed by atoms with Gasteiger partial charge in [0, 0.05) is 18.7 Å². The van der Waals surface area contributed by atoms with Gasteiger partial charge in [-0.05, 0) is 18.4 Å². The maximum absolute atomic E-state index is 12.0. The van der Waals surface area contributed by atoms with E-state index < -0.39 is 0 Å². The monoisotopic (exact) mass is 221 g/mol. The molecule has 1 aliphatic heterocycles. The Bertz CT molecular complexity index is 372. The van der Waals surface area contributed by atoms with Crippen molar-refractivity contribution in [1.29, 1.82) is 0 Å². The molecule has 0 aromatic carbocycles. The van der Waals surface area contributed by atoms with Gasteiger partial charge in [-0.2, -0.15) is 0 Å². The van der Waals surface area contributed by atoms with Crippen molar-refractivity contribution in [2.45, 2.75) is 33.1 Å². The van der Waals surface area contributed by atoms with E-state index in [0.717, 1.165) is 24.8 Å². The molecule has 1 heterocycles. The molecule has 2 rings (SSSR count). The summed E-state index contributed by atoms with van der Waals surface area (Å²) in [6, 6.07) is 0. The number of amides is 1. The SMILES string of the molecule is C=C(O)C12CC1=CN(C(=O)C(C)CCC)C2. The first kappa shape index (κ1) is 11.2. The fraction of sp³-hybridized carbons (Fsp3) is 0.615. The van der Waals surface area contributed by atoms with Crippen LogP contribution in [0.15, 0.2) is 24.1 Å². The number of fused-ring (bicyclic) bond motifs is 1. The molecule has 1 aliphatic carbocycles. The quantitative estimate of drug-likeness (QED) is 0.741. The van der Waals surface area contributed by atoms with Gasteiger partial charge in [0.1, 0.15) is 0 Å². The summed E-state index contributed by atoms with van der Waals surface area (Å²) in [5.74, 6) is 0.447. The minimum Gasteiger partial charge on any atom is -0.512 e. The predicted octanol–water partition coefficient (Wildman–Crippen LogP) is 2.61. The lowest BCUT2D eigenvalue weighted by Crippen LogP contribution is -2.33. The lowest BCUT2D eigenvalue weighted by Gasteiger charge is -2.22. The largest absolute Gasteiger partial charge is 0.512 e. The van der Waals surface area contributed by atoms with Gasteiger partial charge in [-0.1, -0.05) is 26.8 Å². The van der Waals surface area contributed by atoms with Crippen LogP contribution in [0.1, 0.15) is 33.1 Å². The van der Waals surface area contributed by atoms with E-state index in [1.807, 2.05) is 13.1 Å². The van der Waals surface area contributed by atoms with E-state index in [1.54, 1.807) is 4.90 Å². The van der Waals surface area contributed by atoms with Crippen molar-refractivity contribution in [3.05, 3.63) is 24.1 Å². The smallest absolute Gasteiger partial charge is 0.229 e. The molecule has 1 fully saturated rings. The number of carbonyl (C=O) groups excluding carboxylic acids is 1. The third kappa shape index (κ3) is 1.55. The van der Waals surface area contributed by atoms with Gasteiger partial charge in [-0.3, -0.25) is 4.79 Å². The highest BCUT2D eigenvalue weighted by Crippen LogP contribution is 2.60. The lowest BCUT2D eigenvalue weighted by molar-refractivity contribution is -0.132. The van der Waals surface area contributed by atoms with Gasteiger partial charge in [-0.15, -0.1) is 0 Å². The average molecular weight is 221 g/mol. The fourth-order valence-corrected chi connectivity index (χ4v) is 2.49. The number of hydrogen-bond acceptors (Lipinski definition) is 2. The summed E-state index contributed by atoms with van der Waals surface area (Å²) in [6.45, 7) is 8.24. The van der Waals surface area contributed by atoms with Crippen LogP contribution in [-0.2, 0) is 4.79 Å². The zero-order valence-electron chi connectivity index (χ0n) is 9.99. The molecule has 2 atom stereocenters. The van der Waals surface area contributed by atoms with Crippen LogP contribution in [0.2, 0.25) is 0 Å². The van der Waals surface area contributed by atoms with Crippen LogP contribution in [-0.4, -0.2) is 22.5 Å². The fourth-order valence-electron chi connectivity index (χ4n) is 2.49. The highest BCUT2D eigenvalue weighted by atomic mass is 16.3. The van der Waals surface area contributed by atoms with Crippen LogP contribution in [0.3, 0.4) is 0 Å². The van der Waals surface area contributed by atoms with Crippen LogP contribution in [0.4, 0.5) is 0 Å². The van der Waals surface area contributed by atoms with E-state index in [0.29, 0.717) is 6.54 Å². The molecule has 0 radical (unpaired) electrons. The molecule has 0 aromatic heterocycles. The molecule has 0 spiro atoms. The molecular formula is C13H19NO2. The zero-order chi connectivity index (χ0) is 11.9. The molecule has 2 aliphatic rings. The maximum Gasteiger partial charge on any atom is 0.229 e. The van der Waals surface area contributed by atoms with Crippen molar-refractivity contribution < 1.29 is 9.90 Å². The summed E-state index contributed by atoms with van der Waals surface area (Å²) in [5, 5.41) is 9.52. The van der Waals surface area contributed by atoms with Crippen molar-refractivity contribution in [3.63, 3.8) is 0 Å². The molecule has 3 nitrogen and oxygen atoms in total. The first-order chi connectivity index (χ1) is 7.51. The molecule has 1 N–H and O–H groups in total. The minimum absolute atomic E-state index is 0.0726. The molecule has 2 unspecified atom stereocenters. The summed E-state index contributed by atoms with van der Waals surface area (Å²) in [5.41, 5.74) is 0.874. The lowest BCUT2D eigenvalue weighted by atomic mass is 10.0. The Balaban J connectivity index is 2.01. The summed E-state index contributed by atoms with van der Waals surface area (Å²) < 4.78 is 0. The normalized spacial score (nSPS) is 28.4. The van der Waals surface area contributed by atoms with Crippen molar-refractivity contribution in [1.82, 2.24) is 4.90 Å². The highest BCUT2D eigenvalue weighted by molar-refractivity contribution is 5.81. The number of hydrogen-bond donors (Lipinski definition) is 1. The molecule has 1 amide bonds. The van der Waals surface area contributed by atoms with E-state index in [4.69, 9.17) is 0 Å². The van der Waals surface area contributed by atoms with E-state index in [-0.39, 0.29) is 23.0 Å². The molecule has 0 saturated heterocycles. The Hall–Kier alpha value is -1.25. The third-order valence-electron chi connectivity index (χ3n) is 3.71. The molecular weight excluding hydrogens is 202 g/mol. The first-order valence-corrected chi connectivity index (χ1v) is 5.91. The first-order valence-electron chi connectivity index (χ1n) is 5.91. The maximum atomic E-state index is 12.0. The second-order valence-electron chi connectivity index (χ2n) is 5.02. The van der Waals surface area contributed by atoms with E-state index in [1.165, 1.54) is 0 Å². The van der Waals surface area contributed by atoms with Gasteiger partial charge in [0.25, 0.3) is 0 Å². The molecule has 88 valence electrons. The number of carbonyl (C=O) groups is 1. The molecule has 0 bridgehead atoms. The van der Waals surface area contributed by atoms with Gasteiger partial charge in [0.2, 0.25) is 5.91 Å². The van der Waals surface area contributed by atoms with Crippen LogP contribution < -0.4 is 0 Å². The molecule has 0 aromatic rings. The summed E-state index contributed by atoms with van der Waals surface area (Å²) >= 11 is 0. The van der Waals surface area contributed by atoms with E-state index >= 15 is 0 Å². The summed E-state index contributed by atoms with van der Waals surface area (Å²) in [4.78, 5) is 13.8. The number of aliphatic hydroxyl groups excluding tert-OH is 1. The Morgan fingerprint density at radius 1 is 1.75 bits per heavy atom. The minimum atomic E-state index is -0.276. The van der Waals surface area contributed by atoms with Gasteiger partial charge < -0.3 is 10.0 Å². The second-order valence-corrected chi connectivity index (χ2v) is 5.02. The topological polar surface area (TPSA) is 40.5 Å². The average Bonchev–Trinajstić information content (AvgIpc) is 2.81. The van der Waals surface area contributed by atoms with Gasteiger partial charge in [0.15, 0.2) is 0 Å². The van der Waals surface area contributed by atoms with Gasteiger partial charge >= 0.3 is 0 Å². The van der Waals surface area contributed by atoms with Crippen LogP contribution in [0.5, 0.6) is 0 Å². The Labute approximate surface area is 96.4 Å². The Morgan fingerprint density at radius 2 is 2.44 bits per heavy atom. The highest BCUT2D eigenvalue weighted by Gasteiger charge is 2.57. The standard InChI is InChI=1S/C13H19NO2/c1-4-5-9(2)12(16)14-7-11-6-13(11,8-14)10(3)15/h7,9,15H,3-6,8H2,1-2H3. The van der Waals surface area contributed by atoms with Crippen molar-refractivity contribution in [2.24, 2.45) is 11.3 Å². The third-order valence-corrected chi connectivity index (χ3v) is 3.71. The van der Waals surface area contributed by atoms with E-state index in [2.05, 4.69) is 13.5 Å². The molecule has 3 heteroatoms. The molecule has 16 heavy (non-hydrogen) atoms. The van der Waals surface area contributed by atoms with Crippen LogP contribution in [0.25, 0.3) is 0 Å². The van der Waals surface area contributed by atoms with Gasteiger partial charge in [0.05, 0.1) is 11.2 Å². The van der Waals surface area contributed by atoms with Crippen molar-refractivity contribution >= 4 is 5.91 Å². The summed E-state index contributed by atoms with van der Waals surface area (Å²) in [7, 11) is 0. The molecule has 1 saturated carbocycles. The Kier molecular flexibility index (Phi) is 2.56. The zero-order valence-corrected chi connectivity index (χ0v) is 9.99. The van der Waals surface area contributed by atoms with Crippen molar-refractivity contribution in [2.75, 3.05) is 6.54 Å². The number of nitrogens with zero attached hydrogens (tertiary/aromatic N) is 1. The predicted molar refractivity (Wildman–Crippen MR) is 62.7 cm³/mol.